The van der Waals surface area contributed by atoms with E-state index in [-0.39, 0.29) is 0 Å². The van der Waals surface area contributed by atoms with Gasteiger partial charge in [0.25, 0.3) is 0 Å². The number of rotatable bonds is 6. The first-order valence-electron chi connectivity index (χ1n) is 6.19. The van der Waals surface area contributed by atoms with Crippen molar-refractivity contribution in [3.05, 3.63) is 0 Å². The van der Waals surface area contributed by atoms with Crippen molar-refractivity contribution in [1.29, 1.82) is 0 Å². The summed E-state index contributed by atoms with van der Waals surface area (Å²) in [5, 5.41) is 3.62. The van der Waals surface area contributed by atoms with E-state index in [4.69, 9.17) is 4.74 Å². The lowest BCUT2D eigenvalue weighted by Crippen LogP contribution is -2.45. The van der Waals surface area contributed by atoms with E-state index in [1.54, 1.807) is 0 Å². The van der Waals surface area contributed by atoms with Gasteiger partial charge in [-0.15, -0.1) is 0 Å². The molecule has 0 atom stereocenters. The summed E-state index contributed by atoms with van der Waals surface area (Å²) in [5.74, 6) is 0. The molecule has 0 aromatic carbocycles. The van der Waals surface area contributed by atoms with Crippen molar-refractivity contribution in [3.63, 3.8) is 0 Å². The van der Waals surface area contributed by atoms with Gasteiger partial charge in [-0.25, -0.2) is 0 Å². The van der Waals surface area contributed by atoms with Gasteiger partial charge in [-0.1, -0.05) is 13.3 Å². The maximum Gasteiger partial charge on any atom is 0.0594 e. The molecule has 1 aliphatic rings. The molecule has 0 aliphatic carbocycles. The Hall–Kier alpha value is -0.120. The Labute approximate surface area is 94.2 Å². The van der Waals surface area contributed by atoms with Crippen molar-refractivity contribution < 1.29 is 4.74 Å². The van der Waals surface area contributed by atoms with Crippen molar-refractivity contribution in [2.24, 2.45) is 0 Å². The van der Waals surface area contributed by atoms with Gasteiger partial charge in [-0.2, -0.15) is 0 Å². The van der Waals surface area contributed by atoms with Crippen molar-refractivity contribution >= 4 is 0 Å². The van der Waals surface area contributed by atoms with Gasteiger partial charge in [0.1, 0.15) is 0 Å². The van der Waals surface area contributed by atoms with Crippen LogP contribution < -0.4 is 5.32 Å². The molecule has 0 saturated carbocycles. The molecule has 0 unspecified atom stereocenters. The van der Waals surface area contributed by atoms with Crippen molar-refractivity contribution in [3.8, 4) is 0 Å². The van der Waals surface area contributed by atoms with E-state index in [0.717, 1.165) is 39.4 Å². The number of hydrogen-bond acceptors (Lipinski definition) is 3. The molecule has 0 amide bonds. The molecule has 0 radical (unpaired) electrons. The second kappa shape index (κ2) is 6.46. The lowest BCUT2D eigenvalue weighted by molar-refractivity contribution is 0.0376. The standard InChI is InChI=1S/C12H26N2O/c1-4-5-12(2,3)13-6-7-14-8-10-15-11-9-14/h13H,4-11H2,1-3H3. The van der Waals surface area contributed by atoms with Crippen molar-refractivity contribution in [1.82, 2.24) is 10.2 Å². The third-order valence-corrected chi connectivity index (χ3v) is 3.01. The Balaban J connectivity index is 2.09. The first kappa shape index (κ1) is 12.9. The molecule has 1 N–H and O–H groups in total. The minimum absolute atomic E-state index is 0.293. The second-order valence-corrected chi connectivity index (χ2v) is 5.01. The molecule has 3 nitrogen and oxygen atoms in total. The lowest BCUT2D eigenvalue weighted by atomic mass is 9.99. The molecule has 1 rings (SSSR count). The lowest BCUT2D eigenvalue weighted by Gasteiger charge is -2.30. The normalized spacial score (nSPS) is 19.4. The Morgan fingerprint density at radius 2 is 1.93 bits per heavy atom. The third-order valence-electron chi connectivity index (χ3n) is 3.01. The molecule has 90 valence electrons. The van der Waals surface area contributed by atoms with Crippen LogP contribution >= 0.6 is 0 Å². The Kier molecular flexibility index (Phi) is 5.58. The topological polar surface area (TPSA) is 24.5 Å². The van der Waals surface area contributed by atoms with Crippen LogP contribution in [0, 0.1) is 0 Å². The minimum atomic E-state index is 0.293. The number of ether oxygens (including phenoxy) is 1. The first-order valence-corrected chi connectivity index (χ1v) is 6.19. The highest BCUT2D eigenvalue weighted by atomic mass is 16.5. The SMILES string of the molecule is CCCC(C)(C)NCCN1CCOCC1. The number of nitrogens with zero attached hydrogens (tertiary/aromatic N) is 1. The predicted molar refractivity (Wildman–Crippen MR) is 64.2 cm³/mol. The van der Waals surface area contributed by atoms with Gasteiger partial charge in [0.2, 0.25) is 0 Å². The van der Waals surface area contributed by atoms with Gasteiger partial charge in [-0.05, 0) is 20.3 Å². The smallest absolute Gasteiger partial charge is 0.0594 e. The summed E-state index contributed by atoms with van der Waals surface area (Å²) >= 11 is 0. The molecule has 1 fully saturated rings. The van der Waals surface area contributed by atoms with Gasteiger partial charge in [0, 0.05) is 31.7 Å². The van der Waals surface area contributed by atoms with Crippen LogP contribution in [0.15, 0.2) is 0 Å². The molecule has 0 bridgehead atoms. The molecule has 0 spiro atoms. The molecule has 3 heteroatoms. The maximum absolute atomic E-state index is 5.32. The molecular weight excluding hydrogens is 188 g/mol. The van der Waals surface area contributed by atoms with Gasteiger partial charge < -0.3 is 10.1 Å². The first-order chi connectivity index (χ1) is 7.14. The highest BCUT2D eigenvalue weighted by Gasteiger charge is 2.16. The van der Waals surface area contributed by atoms with E-state index in [2.05, 4.69) is 31.0 Å². The van der Waals surface area contributed by atoms with Crippen LogP contribution in [0.3, 0.4) is 0 Å². The molecular formula is C12H26N2O. The van der Waals surface area contributed by atoms with Gasteiger partial charge in [0.15, 0.2) is 0 Å². The minimum Gasteiger partial charge on any atom is -0.379 e. The zero-order chi connectivity index (χ0) is 11.1. The molecule has 1 aliphatic heterocycles. The zero-order valence-electron chi connectivity index (χ0n) is 10.5. The van der Waals surface area contributed by atoms with Crippen LogP contribution in [0.2, 0.25) is 0 Å². The van der Waals surface area contributed by atoms with Gasteiger partial charge >= 0.3 is 0 Å². The van der Waals surface area contributed by atoms with E-state index in [1.807, 2.05) is 0 Å². The summed E-state index contributed by atoms with van der Waals surface area (Å²) in [6, 6.07) is 0. The van der Waals surface area contributed by atoms with Crippen molar-refractivity contribution in [2.45, 2.75) is 39.2 Å². The predicted octanol–water partition coefficient (Wildman–Crippen LogP) is 1.49. The third kappa shape index (κ3) is 5.50. The maximum atomic E-state index is 5.32. The Morgan fingerprint density at radius 1 is 1.27 bits per heavy atom. The fourth-order valence-electron chi connectivity index (χ4n) is 2.09. The average molecular weight is 214 g/mol. The largest absolute Gasteiger partial charge is 0.379 e. The number of nitrogens with one attached hydrogen (secondary N) is 1. The molecule has 0 aromatic heterocycles. The number of morpholine rings is 1. The zero-order valence-corrected chi connectivity index (χ0v) is 10.5. The van der Waals surface area contributed by atoms with Crippen LogP contribution in [0.25, 0.3) is 0 Å². The van der Waals surface area contributed by atoms with Crippen LogP contribution in [0.1, 0.15) is 33.6 Å². The van der Waals surface area contributed by atoms with E-state index in [0.29, 0.717) is 5.54 Å². The van der Waals surface area contributed by atoms with Crippen LogP contribution in [-0.2, 0) is 4.74 Å². The van der Waals surface area contributed by atoms with E-state index in [1.165, 1.54) is 12.8 Å². The van der Waals surface area contributed by atoms with Gasteiger partial charge in [0.05, 0.1) is 13.2 Å². The average Bonchev–Trinajstić information content (AvgIpc) is 2.19. The fraction of sp³-hybridized carbons (Fsp3) is 1.00. The summed E-state index contributed by atoms with van der Waals surface area (Å²) in [7, 11) is 0. The Morgan fingerprint density at radius 3 is 2.53 bits per heavy atom. The summed E-state index contributed by atoms with van der Waals surface area (Å²) in [6.45, 7) is 13.0. The molecule has 1 heterocycles. The van der Waals surface area contributed by atoms with Crippen LogP contribution in [-0.4, -0.2) is 49.8 Å². The van der Waals surface area contributed by atoms with E-state index < -0.39 is 0 Å². The highest BCUT2D eigenvalue weighted by molar-refractivity contribution is 4.77. The van der Waals surface area contributed by atoms with Crippen molar-refractivity contribution in [2.75, 3.05) is 39.4 Å². The van der Waals surface area contributed by atoms with E-state index in [9.17, 15) is 0 Å². The van der Waals surface area contributed by atoms with Gasteiger partial charge in [-0.3, -0.25) is 4.90 Å². The number of hydrogen-bond donors (Lipinski definition) is 1. The fourth-order valence-corrected chi connectivity index (χ4v) is 2.09. The van der Waals surface area contributed by atoms with Crippen LogP contribution in [0.5, 0.6) is 0 Å². The summed E-state index contributed by atoms with van der Waals surface area (Å²) in [4.78, 5) is 2.47. The van der Waals surface area contributed by atoms with Crippen LogP contribution in [0.4, 0.5) is 0 Å². The summed E-state index contributed by atoms with van der Waals surface area (Å²) in [5.41, 5.74) is 0.293. The summed E-state index contributed by atoms with van der Waals surface area (Å²) < 4.78 is 5.32. The Bertz CT molecular complexity index is 165. The monoisotopic (exact) mass is 214 g/mol. The molecule has 1 saturated heterocycles. The highest BCUT2D eigenvalue weighted by Crippen LogP contribution is 2.10. The summed E-state index contributed by atoms with van der Waals surface area (Å²) in [6.07, 6.45) is 2.49. The quantitative estimate of drug-likeness (QED) is 0.725. The van der Waals surface area contributed by atoms with E-state index >= 15 is 0 Å². The molecule has 0 aromatic rings. The molecule has 15 heavy (non-hydrogen) atoms. The second-order valence-electron chi connectivity index (χ2n) is 5.01.